The minimum atomic E-state index is -0.590. The second-order valence-electron chi connectivity index (χ2n) is 13.1. The summed E-state index contributed by atoms with van der Waals surface area (Å²) >= 11 is 0. The summed E-state index contributed by atoms with van der Waals surface area (Å²) in [5, 5.41) is 4.31. The molecule has 1 aromatic rings. The van der Waals surface area contributed by atoms with Gasteiger partial charge >= 0.3 is 12.1 Å². The predicted octanol–water partition coefficient (Wildman–Crippen LogP) is 8.17. The molecule has 1 aromatic carbocycles. The van der Waals surface area contributed by atoms with E-state index in [-0.39, 0.29) is 17.2 Å². The van der Waals surface area contributed by atoms with Crippen molar-refractivity contribution in [1.82, 2.24) is 15.3 Å². The van der Waals surface area contributed by atoms with Crippen LogP contribution in [0.25, 0.3) is 0 Å². The number of unbranched alkanes of at least 4 members (excludes halogenated alkanes) is 15. The molecule has 0 bridgehead atoms. The van der Waals surface area contributed by atoms with Gasteiger partial charge in [-0.1, -0.05) is 121 Å². The number of likely N-dealkylation sites (tertiary alicyclic amines) is 1. The van der Waals surface area contributed by atoms with Crippen molar-refractivity contribution in [3.8, 4) is 0 Å². The van der Waals surface area contributed by atoms with Crippen LogP contribution in [-0.2, 0) is 14.4 Å². The van der Waals surface area contributed by atoms with Crippen LogP contribution in [0.15, 0.2) is 52.9 Å². The van der Waals surface area contributed by atoms with Crippen LogP contribution < -0.4 is 11.1 Å². The number of nitrogens with zero attached hydrogens (tertiary/aromatic N) is 2. The first-order valence-electron chi connectivity index (χ1n) is 18.2. The van der Waals surface area contributed by atoms with Gasteiger partial charge in [-0.15, -0.1) is 0 Å². The van der Waals surface area contributed by atoms with Crippen LogP contribution in [0.2, 0.25) is 0 Å². The number of allylic oxidation sites excluding steroid dienone is 1. The van der Waals surface area contributed by atoms with E-state index in [2.05, 4.69) is 12.2 Å². The summed E-state index contributed by atoms with van der Waals surface area (Å²) in [6.45, 7) is 6.89. The number of nitrogens with one attached hydrogen (secondary N) is 1. The summed E-state index contributed by atoms with van der Waals surface area (Å²) in [4.78, 5) is 46.6. The highest BCUT2D eigenvalue weighted by molar-refractivity contribution is 5.98. The molecule has 9 heteroatoms. The Morgan fingerprint density at radius 2 is 1.38 bits per heavy atom. The highest BCUT2D eigenvalue weighted by atomic mass is 16.7. The van der Waals surface area contributed by atoms with Gasteiger partial charge in [-0.25, -0.2) is 14.7 Å². The van der Waals surface area contributed by atoms with E-state index in [1.54, 1.807) is 30.9 Å². The average molecular weight is 653 g/mol. The maximum absolute atomic E-state index is 13.3. The number of rotatable bonds is 21. The Morgan fingerprint density at radius 3 is 1.87 bits per heavy atom. The molecule has 0 spiro atoms. The number of methoxy groups -OCH3 is 1. The second-order valence-corrected chi connectivity index (χ2v) is 13.1. The normalized spacial score (nSPS) is 17.9. The van der Waals surface area contributed by atoms with Crippen molar-refractivity contribution in [2.75, 3.05) is 20.2 Å². The minimum absolute atomic E-state index is 0.132. The van der Waals surface area contributed by atoms with Gasteiger partial charge < -0.3 is 25.5 Å². The number of hydroxylamine groups is 2. The summed E-state index contributed by atoms with van der Waals surface area (Å²) in [5.41, 5.74) is 8.65. The molecule has 2 aliphatic heterocycles. The molecule has 262 valence electrons. The van der Waals surface area contributed by atoms with Gasteiger partial charge in [0.15, 0.2) is 0 Å². The molecule has 2 aliphatic rings. The van der Waals surface area contributed by atoms with Gasteiger partial charge in [0, 0.05) is 29.9 Å². The molecule has 0 aliphatic carbocycles. The average Bonchev–Trinajstić information content (AvgIpc) is 3.06. The van der Waals surface area contributed by atoms with E-state index in [4.69, 9.17) is 15.3 Å². The smallest absolute Gasteiger partial charge is 0.431 e. The first-order valence-corrected chi connectivity index (χ1v) is 18.2. The molecule has 2 atom stereocenters. The third kappa shape index (κ3) is 11.3. The predicted molar refractivity (Wildman–Crippen MR) is 187 cm³/mol. The summed E-state index contributed by atoms with van der Waals surface area (Å²) < 4.78 is 5.09. The Morgan fingerprint density at radius 1 is 0.851 bits per heavy atom. The molecule has 2 heterocycles. The number of esters is 1. The van der Waals surface area contributed by atoms with Gasteiger partial charge in [-0.05, 0) is 38.8 Å². The fraction of sp³-hybridized carbons (Fsp3) is 0.658. The first-order chi connectivity index (χ1) is 22.8. The molecule has 1 saturated heterocycles. The van der Waals surface area contributed by atoms with E-state index in [9.17, 15) is 14.4 Å². The molecule has 2 amide bonds. The van der Waals surface area contributed by atoms with Crippen molar-refractivity contribution in [2.24, 2.45) is 5.73 Å². The number of carbonyl (C=O) groups excluding carboxylic acids is 3. The summed E-state index contributed by atoms with van der Waals surface area (Å²) in [6, 6.07) is 8.05. The minimum Gasteiger partial charge on any atom is -0.465 e. The molecule has 47 heavy (non-hydrogen) atoms. The first kappa shape index (κ1) is 38.0. The number of carbonyl (C=O) groups is 3. The molecular formula is C38H60N4O5. The van der Waals surface area contributed by atoms with Crippen LogP contribution in [0.1, 0.15) is 140 Å². The van der Waals surface area contributed by atoms with Gasteiger partial charge in [-0.2, -0.15) is 0 Å². The lowest BCUT2D eigenvalue weighted by atomic mass is 9.83. The molecule has 3 N–H and O–H groups in total. The Labute approximate surface area is 283 Å². The van der Waals surface area contributed by atoms with Crippen LogP contribution in [0, 0.1) is 0 Å². The number of ether oxygens (including phenoxy) is 1. The van der Waals surface area contributed by atoms with Crippen molar-refractivity contribution in [3.05, 3.63) is 58.4 Å². The Balaban J connectivity index is 1.40. The van der Waals surface area contributed by atoms with Gasteiger partial charge in [-0.3, -0.25) is 4.79 Å². The van der Waals surface area contributed by atoms with Crippen molar-refractivity contribution in [2.45, 2.75) is 142 Å². The Kier molecular flexibility index (Phi) is 16.7. The topological polar surface area (TPSA) is 114 Å². The maximum Gasteiger partial charge on any atom is 0.431 e. The largest absolute Gasteiger partial charge is 0.465 e. The lowest BCUT2D eigenvalue weighted by Crippen LogP contribution is -2.55. The van der Waals surface area contributed by atoms with Gasteiger partial charge in [0.25, 0.3) is 5.91 Å². The molecule has 3 rings (SSSR count). The summed E-state index contributed by atoms with van der Waals surface area (Å²) in [7, 11) is 1.31. The van der Waals surface area contributed by atoms with E-state index in [0.29, 0.717) is 36.3 Å². The summed E-state index contributed by atoms with van der Waals surface area (Å²) in [5.74, 6) is -0.706. The van der Waals surface area contributed by atoms with E-state index in [1.165, 1.54) is 102 Å². The van der Waals surface area contributed by atoms with Crippen LogP contribution in [0.4, 0.5) is 4.79 Å². The van der Waals surface area contributed by atoms with Crippen molar-refractivity contribution >= 4 is 18.0 Å². The van der Waals surface area contributed by atoms with Crippen LogP contribution in [0.5, 0.6) is 0 Å². The number of amides is 2. The fourth-order valence-corrected chi connectivity index (χ4v) is 6.63. The molecule has 1 fully saturated rings. The maximum atomic E-state index is 13.3. The monoisotopic (exact) mass is 652 g/mol. The molecule has 0 aromatic heterocycles. The number of nitrogens with two attached hydrogens (primary N) is 1. The highest BCUT2D eigenvalue weighted by Crippen LogP contribution is 2.39. The summed E-state index contributed by atoms with van der Waals surface area (Å²) in [6.07, 6.45) is 20.8. The Hall–Kier alpha value is -3.49. The SMILES string of the molecule is CCCCCCCCCCCCCCCCCCNC(=O)ON1C(C)=C(C2CCN2C(=O)c2ccccc2)C(C(=O)OC)=C(N)C1C. The van der Waals surface area contributed by atoms with Gasteiger partial charge in [0.1, 0.15) is 6.04 Å². The number of hydrogen-bond acceptors (Lipinski definition) is 7. The zero-order valence-electron chi connectivity index (χ0n) is 29.5. The molecule has 0 saturated carbocycles. The van der Waals surface area contributed by atoms with E-state index in [0.717, 1.165) is 12.8 Å². The van der Waals surface area contributed by atoms with Crippen LogP contribution >= 0.6 is 0 Å². The Bertz CT molecular complexity index is 1200. The third-order valence-electron chi connectivity index (χ3n) is 9.59. The third-order valence-corrected chi connectivity index (χ3v) is 9.59. The molecule has 2 unspecified atom stereocenters. The van der Waals surface area contributed by atoms with E-state index in [1.807, 2.05) is 18.2 Å². The lowest BCUT2D eigenvalue weighted by Gasteiger charge is -2.46. The second kappa shape index (κ2) is 20.7. The zero-order valence-corrected chi connectivity index (χ0v) is 29.5. The van der Waals surface area contributed by atoms with Crippen LogP contribution in [-0.4, -0.2) is 60.2 Å². The number of hydrogen-bond donors (Lipinski definition) is 2. The van der Waals surface area contributed by atoms with Gasteiger partial charge in [0.05, 0.1) is 24.4 Å². The lowest BCUT2D eigenvalue weighted by molar-refractivity contribution is -0.136. The van der Waals surface area contributed by atoms with Crippen LogP contribution in [0.3, 0.4) is 0 Å². The molecule has 0 radical (unpaired) electrons. The standard InChI is InChI=1S/C38H60N4O5/c1-5-6-7-8-9-10-11-12-13-14-15-16-17-18-19-23-27-40-38(45)47-42-29(2)33(34(37(44)46-4)35(39)30(42)3)32-26-28-41(32)36(43)31-24-21-20-22-25-31/h20-22,24-25,30,32H,5-19,23,26-28,39H2,1-4H3,(H,40,45). The number of benzene rings is 1. The van der Waals surface area contributed by atoms with Gasteiger partial charge in [0.2, 0.25) is 0 Å². The fourth-order valence-electron chi connectivity index (χ4n) is 6.63. The zero-order chi connectivity index (χ0) is 34.0. The van der Waals surface area contributed by atoms with Crippen molar-refractivity contribution in [1.29, 1.82) is 0 Å². The van der Waals surface area contributed by atoms with Crippen molar-refractivity contribution in [3.63, 3.8) is 0 Å². The van der Waals surface area contributed by atoms with E-state index < -0.39 is 24.1 Å². The van der Waals surface area contributed by atoms with Crippen molar-refractivity contribution < 1.29 is 24.0 Å². The van der Waals surface area contributed by atoms with E-state index >= 15 is 0 Å². The highest BCUT2D eigenvalue weighted by Gasteiger charge is 2.44. The molecular weight excluding hydrogens is 592 g/mol. The quantitative estimate of drug-likeness (QED) is 0.102. The molecule has 9 nitrogen and oxygen atoms in total.